The van der Waals surface area contributed by atoms with Gasteiger partial charge < -0.3 is 10.6 Å². The zero-order valence-corrected chi connectivity index (χ0v) is 11.7. The standard InChI is InChI=1S/C13H11ClN4O3/c1-15-10-5-4-8(7-11(10)18(20)21)13(19)17-12-9(14)3-2-6-16-12/h2-7,15H,1H3,(H,16,17,19). The Morgan fingerprint density at radius 1 is 1.38 bits per heavy atom. The van der Waals surface area contributed by atoms with Gasteiger partial charge in [0.1, 0.15) is 5.69 Å². The van der Waals surface area contributed by atoms with Gasteiger partial charge in [0.05, 0.1) is 9.95 Å². The minimum atomic E-state index is -0.559. The highest BCUT2D eigenvalue weighted by Gasteiger charge is 2.17. The van der Waals surface area contributed by atoms with E-state index in [2.05, 4.69) is 15.6 Å². The van der Waals surface area contributed by atoms with Crippen LogP contribution in [0.1, 0.15) is 10.4 Å². The van der Waals surface area contributed by atoms with Crippen molar-refractivity contribution in [1.82, 2.24) is 4.98 Å². The van der Waals surface area contributed by atoms with Crippen molar-refractivity contribution in [2.24, 2.45) is 0 Å². The monoisotopic (exact) mass is 306 g/mol. The van der Waals surface area contributed by atoms with E-state index in [1.807, 2.05) is 0 Å². The number of carbonyl (C=O) groups excluding carboxylic acids is 1. The van der Waals surface area contributed by atoms with E-state index in [-0.39, 0.29) is 22.1 Å². The molecule has 1 aromatic carbocycles. The van der Waals surface area contributed by atoms with Crippen LogP contribution in [-0.2, 0) is 0 Å². The van der Waals surface area contributed by atoms with Gasteiger partial charge in [-0.05, 0) is 24.3 Å². The Labute approximate surface area is 125 Å². The van der Waals surface area contributed by atoms with E-state index < -0.39 is 10.8 Å². The molecule has 0 unspecified atom stereocenters. The lowest BCUT2D eigenvalue weighted by molar-refractivity contribution is -0.384. The quantitative estimate of drug-likeness (QED) is 0.668. The van der Waals surface area contributed by atoms with Gasteiger partial charge in [0.15, 0.2) is 5.82 Å². The summed E-state index contributed by atoms with van der Waals surface area (Å²) in [6.07, 6.45) is 1.48. The van der Waals surface area contributed by atoms with E-state index in [1.165, 1.54) is 24.4 Å². The molecule has 0 fully saturated rings. The van der Waals surface area contributed by atoms with Crippen LogP contribution in [0.25, 0.3) is 0 Å². The van der Waals surface area contributed by atoms with Gasteiger partial charge in [0, 0.05) is 24.9 Å². The molecule has 0 saturated heterocycles. The van der Waals surface area contributed by atoms with Gasteiger partial charge in [-0.15, -0.1) is 0 Å². The molecular formula is C13H11ClN4O3. The fourth-order valence-electron chi connectivity index (χ4n) is 1.69. The van der Waals surface area contributed by atoms with E-state index in [9.17, 15) is 14.9 Å². The number of nitrogens with zero attached hydrogens (tertiary/aromatic N) is 2. The van der Waals surface area contributed by atoms with Gasteiger partial charge >= 0.3 is 0 Å². The minimum Gasteiger partial charge on any atom is -0.383 e. The maximum atomic E-state index is 12.1. The van der Waals surface area contributed by atoms with Gasteiger partial charge in [-0.3, -0.25) is 14.9 Å². The molecule has 7 nitrogen and oxygen atoms in total. The SMILES string of the molecule is CNc1ccc(C(=O)Nc2ncccc2Cl)cc1[N+](=O)[O-]. The van der Waals surface area contributed by atoms with Crippen molar-refractivity contribution >= 4 is 34.7 Å². The summed E-state index contributed by atoms with van der Waals surface area (Å²) < 4.78 is 0. The lowest BCUT2D eigenvalue weighted by Gasteiger charge is -2.07. The third-order valence-electron chi connectivity index (χ3n) is 2.72. The first-order valence-electron chi connectivity index (χ1n) is 5.91. The van der Waals surface area contributed by atoms with Crippen LogP contribution >= 0.6 is 11.6 Å². The molecule has 0 spiro atoms. The predicted molar refractivity (Wildman–Crippen MR) is 79.8 cm³/mol. The molecule has 21 heavy (non-hydrogen) atoms. The molecule has 0 aliphatic carbocycles. The molecule has 0 atom stereocenters. The molecule has 1 amide bonds. The molecule has 2 N–H and O–H groups in total. The lowest BCUT2D eigenvalue weighted by Crippen LogP contribution is -2.13. The fraction of sp³-hybridized carbons (Fsp3) is 0.0769. The summed E-state index contributed by atoms with van der Waals surface area (Å²) >= 11 is 5.89. The summed E-state index contributed by atoms with van der Waals surface area (Å²) in [7, 11) is 1.57. The first kappa shape index (κ1) is 14.7. The Kier molecular flexibility index (Phi) is 4.34. The Morgan fingerprint density at radius 2 is 2.14 bits per heavy atom. The smallest absolute Gasteiger partial charge is 0.293 e. The maximum absolute atomic E-state index is 12.1. The fourth-order valence-corrected chi connectivity index (χ4v) is 1.86. The molecule has 1 heterocycles. The lowest BCUT2D eigenvalue weighted by atomic mass is 10.1. The minimum absolute atomic E-state index is 0.141. The van der Waals surface area contributed by atoms with E-state index in [0.717, 1.165) is 0 Å². The summed E-state index contributed by atoms with van der Waals surface area (Å²) in [6, 6.07) is 7.34. The molecule has 0 aliphatic rings. The second-order valence-corrected chi connectivity index (χ2v) is 4.43. The summed E-state index contributed by atoms with van der Waals surface area (Å²) in [6.45, 7) is 0. The molecular weight excluding hydrogens is 296 g/mol. The largest absolute Gasteiger partial charge is 0.383 e. The Balaban J connectivity index is 2.30. The van der Waals surface area contributed by atoms with Crippen molar-refractivity contribution in [3.63, 3.8) is 0 Å². The molecule has 0 bridgehead atoms. The third kappa shape index (κ3) is 3.26. The highest BCUT2D eigenvalue weighted by molar-refractivity contribution is 6.33. The van der Waals surface area contributed by atoms with Crippen LogP contribution in [0.3, 0.4) is 0 Å². The van der Waals surface area contributed by atoms with Gasteiger partial charge in [0.25, 0.3) is 11.6 Å². The number of aromatic nitrogens is 1. The van der Waals surface area contributed by atoms with Crippen LogP contribution in [0.2, 0.25) is 5.02 Å². The Bertz CT molecular complexity index is 706. The number of nitro groups is 1. The van der Waals surface area contributed by atoms with Gasteiger partial charge in [0.2, 0.25) is 0 Å². The van der Waals surface area contributed by atoms with E-state index in [1.54, 1.807) is 19.2 Å². The van der Waals surface area contributed by atoms with Crippen LogP contribution in [0.5, 0.6) is 0 Å². The molecule has 0 radical (unpaired) electrons. The van der Waals surface area contributed by atoms with Gasteiger partial charge in [-0.2, -0.15) is 0 Å². The molecule has 1 aromatic heterocycles. The summed E-state index contributed by atoms with van der Waals surface area (Å²) in [5.74, 6) is -0.328. The molecule has 0 saturated carbocycles. The first-order chi connectivity index (χ1) is 10.0. The van der Waals surface area contributed by atoms with Crippen molar-refractivity contribution in [2.45, 2.75) is 0 Å². The molecule has 8 heteroatoms. The Morgan fingerprint density at radius 3 is 2.76 bits per heavy atom. The zero-order chi connectivity index (χ0) is 15.4. The van der Waals surface area contributed by atoms with Gasteiger partial charge in [-0.1, -0.05) is 11.6 Å². The number of nitro benzene ring substituents is 1. The zero-order valence-electron chi connectivity index (χ0n) is 11.0. The topological polar surface area (TPSA) is 97.2 Å². The second kappa shape index (κ2) is 6.19. The van der Waals surface area contributed by atoms with Crippen molar-refractivity contribution in [1.29, 1.82) is 0 Å². The number of carbonyl (C=O) groups is 1. The van der Waals surface area contributed by atoms with Crippen LogP contribution in [0.4, 0.5) is 17.2 Å². The number of nitrogens with one attached hydrogen (secondary N) is 2. The highest BCUT2D eigenvalue weighted by atomic mass is 35.5. The third-order valence-corrected chi connectivity index (χ3v) is 3.02. The maximum Gasteiger partial charge on any atom is 0.293 e. The number of benzene rings is 1. The van der Waals surface area contributed by atoms with Crippen LogP contribution in [0.15, 0.2) is 36.5 Å². The number of hydrogen-bond donors (Lipinski definition) is 2. The van der Waals surface area contributed by atoms with Crippen molar-refractivity contribution in [3.05, 3.63) is 57.2 Å². The molecule has 2 aromatic rings. The van der Waals surface area contributed by atoms with Crippen molar-refractivity contribution in [2.75, 3.05) is 17.7 Å². The van der Waals surface area contributed by atoms with Crippen molar-refractivity contribution < 1.29 is 9.72 Å². The average molecular weight is 307 g/mol. The predicted octanol–water partition coefficient (Wildman–Crippen LogP) is 2.94. The number of hydrogen-bond acceptors (Lipinski definition) is 5. The van der Waals surface area contributed by atoms with Crippen LogP contribution in [0, 0.1) is 10.1 Å². The van der Waals surface area contributed by atoms with E-state index in [4.69, 9.17) is 11.6 Å². The average Bonchev–Trinajstić information content (AvgIpc) is 2.48. The molecule has 108 valence electrons. The van der Waals surface area contributed by atoms with Gasteiger partial charge in [-0.25, -0.2) is 4.98 Å². The van der Waals surface area contributed by atoms with E-state index in [0.29, 0.717) is 5.69 Å². The number of pyridine rings is 1. The number of anilines is 2. The first-order valence-corrected chi connectivity index (χ1v) is 6.29. The second-order valence-electron chi connectivity index (χ2n) is 4.03. The van der Waals surface area contributed by atoms with E-state index >= 15 is 0 Å². The number of rotatable bonds is 4. The summed E-state index contributed by atoms with van der Waals surface area (Å²) in [4.78, 5) is 26.4. The van der Waals surface area contributed by atoms with Crippen LogP contribution in [-0.4, -0.2) is 22.9 Å². The molecule has 2 rings (SSSR count). The van der Waals surface area contributed by atoms with Crippen molar-refractivity contribution in [3.8, 4) is 0 Å². The van der Waals surface area contributed by atoms with Crippen LogP contribution < -0.4 is 10.6 Å². The number of amides is 1. The Hall–Kier alpha value is -2.67. The number of halogens is 1. The normalized spacial score (nSPS) is 10.0. The summed E-state index contributed by atoms with van der Waals surface area (Å²) in [5.41, 5.74) is 0.284. The summed E-state index contributed by atoms with van der Waals surface area (Å²) in [5, 5.41) is 16.5. The molecule has 0 aliphatic heterocycles. The highest BCUT2D eigenvalue weighted by Crippen LogP contribution is 2.26.